The molecule has 4 rings (SSSR count). The molecule has 0 bridgehead atoms. The smallest absolute Gasteiger partial charge is 0.319 e. The number of ether oxygens (including phenoxy) is 1. The lowest BCUT2D eigenvalue weighted by Crippen LogP contribution is -2.45. The monoisotopic (exact) mass is 452 g/mol. The molecule has 0 aliphatic carbocycles. The Morgan fingerprint density at radius 3 is 2.67 bits per heavy atom. The minimum atomic E-state index is -0.232. The van der Waals surface area contributed by atoms with Crippen molar-refractivity contribution in [2.45, 2.75) is 39.8 Å². The number of rotatable bonds is 6. The average molecular weight is 453 g/mol. The number of hydrogen-bond acceptors (Lipinski definition) is 7. The summed E-state index contributed by atoms with van der Waals surface area (Å²) in [5.74, 6) is 1.78. The molecule has 1 aromatic heterocycles. The van der Waals surface area contributed by atoms with E-state index in [0.29, 0.717) is 44.4 Å². The van der Waals surface area contributed by atoms with E-state index in [-0.39, 0.29) is 17.9 Å². The Morgan fingerprint density at radius 1 is 1.18 bits per heavy atom. The molecule has 2 aliphatic heterocycles. The number of carbonyl (C=O) groups excluding carboxylic acids is 2. The van der Waals surface area contributed by atoms with Crippen LogP contribution in [-0.4, -0.2) is 72.1 Å². The highest BCUT2D eigenvalue weighted by Gasteiger charge is 2.29. The molecule has 1 atom stereocenters. The summed E-state index contributed by atoms with van der Waals surface area (Å²) in [7, 11) is 0. The zero-order valence-electron chi connectivity index (χ0n) is 19.6. The van der Waals surface area contributed by atoms with Gasteiger partial charge in [-0.25, -0.2) is 14.8 Å². The summed E-state index contributed by atoms with van der Waals surface area (Å²) in [6, 6.07) is 7.55. The number of amides is 2. The van der Waals surface area contributed by atoms with Gasteiger partial charge in [0.15, 0.2) is 5.82 Å². The van der Waals surface area contributed by atoms with Crippen molar-refractivity contribution in [1.29, 1.82) is 0 Å². The van der Waals surface area contributed by atoms with Crippen LogP contribution in [0.15, 0.2) is 24.3 Å². The van der Waals surface area contributed by atoms with Crippen LogP contribution in [0.3, 0.4) is 0 Å². The Labute approximate surface area is 194 Å². The Morgan fingerprint density at radius 2 is 1.97 bits per heavy atom. The topological polar surface area (TPSA) is 99.7 Å². The Hall–Kier alpha value is -3.04. The van der Waals surface area contributed by atoms with E-state index in [1.165, 1.54) is 5.56 Å². The fraction of sp³-hybridized carbons (Fsp3) is 0.500. The number of ketones is 1. The van der Waals surface area contributed by atoms with E-state index in [0.717, 1.165) is 36.6 Å². The molecule has 176 valence electrons. The van der Waals surface area contributed by atoms with Crippen molar-refractivity contribution < 1.29 is 14.3 Å². The lowest BCUT2D eigenvalue weighted by molar-refractivity contribution is -0.118. The number of aromatic nitrogens is 2. The zero-order chi connectivity index (χ0) is 23.4. The number of urea groups is 1. The minimum absolute atomic E-state index is 0.157. The van der Waals surface area contributed by atoms with Crippen molar-refractivity contribution in [3.8, 4) is 11.4 Å². The number of hydrogen-bond donors (Lipinski definition) is 2. The van der Waals surface area contributed by atoms with Crippen LogP contribution in [0.5, 0.6) is 0 Å². The lowest BCUT2D eigenvalue weighted by Gasteiger charge is -2.37. The molecule has 3 heterocycles. The van der Waals surface area contributed by atoms with Gasteiger partial charge in [-0.05, 0) is 51.5 Å². The van der Waals surface area contributed by atoms with Crippen LogP contribution in [-0.2, 0) is 22.5 Å². The van der Waals surface area contributed by atoms with Gasteiger partial charge in [-0.1, -0.05) is 0 Å². The molecule has 0 radical (unpaired) electrons. The molecule has 0 spiro atoms. The highest BCUT2D eigenvalue weighted by Crippen LogP contribution is 2.31. The van der Waals surface area contributed by atoms with Gasteiger partial charge in [-0.15, -0.1) is 0 Å². The number of nitrogens with one attached hydrogen (secondary N) is 2. The van der Waals surface area contributed by atoms with Crippen LogP contribution >= 0.6 is 0 Å². The van der Waals surface area contributed by atoms with Crippen molar-refractivity contribution in [3.63, 3.8) is 0 Å². The largest absolute Gasteiger partial charge is 0.377 e. The van der Waals surface area contributed by atoms with Crippen molar-refractivity contribution in [1.82, 2.24) is 20.2 Å². The molecule has 2 aromatic rings. The van der Waals surface area contributed by atoms with Crippen molar-refractivity contribution in [2.24, 2.45) is 0 Å². The van der Waals surface area contributed by atoms with Gasteiger partial charge in [0.05, 0.1) is 31.5 Å². The summed E-state index contributed by atoms with van der Waals surface area (Å²) in [4.78, 5) is 37.9. The first-order valence-corrected chi connectivity index (χ1v) is 11.6. The minimum Gasteiger partial charge on any atom is -0.377 e. The van der Waals surface area contributed by atoms with Crippen LogP contribution in [0.1, 0.15) is 32.0 Å². The van der Waals surface area contributed by atoms with Gasteiger partial charge in [0.25, 0.3) is 0 Å². The number of nitrogens with zero attached hydrogens (tertiary/aromatic N) is 4. The van der Waals surface area contributed by atoms with E-state index < -0.39 is 0 Å². The molecule has 1 unspecified atom stereocenters. The second-order valence-corrected chi connectivity index (χ2v) is 8.64. The van der Waals surface area contributed by atoms with E-state index in [9.17, 15) is 9.59 Å². The summed E-state index contributed by atoms with van der Waals surface area (Å²) in [5, 5.41) is 5.53. The maximum Gasteiger partial charge on any atom is 0.319 e. The summed E-state index contributed by atoms with van der Waals surface area (Å²) in [5.41, 5.74) is 3.73. The first-order chi connectivity index (χ1) is 15.9. The third-order valence-electron chi connectivity index (χ3n) is 5.95. The maximum atomic E-state index is 11.8. The second kappa shape index (κ2) is 10.3. The van der Waals surface area contributed by atoms with Crippen LogP contribution < -0.4 is 15.5 Å². The first kappa shape index (κ1) is 23.1. The van der Waals surface area contributed by atoms with Crippen molar-refractivity contribution in [3.05, 3.63) is 35.5 Å². The van der Waals surface area contributed by atoms with E-state index >= 15 is 0 Å². The molecule has 9 heteroatoms. The third-order valence-corrected chi connectivity index (χ3v) is 5.95. The fourth-order valence-electron chi connectivity index (χ4n) is 4.36. The van der Waals surface area contributed by atoms with Gasteiger partial charge < -0.3 is 20.3 Å². The molecule has 1 aromatic carbocycles. The maximum absolute atomic E-state index is 11.8. The van der Waals surface area contributed by atoms with E-state index in [1.807, 2.05) is 31.2 Å². The summed E-state index contributed by atoms with van der Waals surface area (Å²) in [6.07, 6.45) is 0.817. The quantitative estimate of drug-likeness (QED) is 0.694. The van der Waals surface area contributed by atoms with Crippen molar-refractivity contribution in [2.75, 3.05) is 49.6 Å². The molecule has 2 N–H and O–H groups in total. The Balaban J connectivity index is 1.67. The van der Waals surface area contributed by atoms with E-state index in [4.69, 9.17) is 14.7 Å². The molecule has 0 saturated carbocycles. The van der Waals surface area contributed by atoms with Gasteiger partial charge in [0, 0.05) is 43.0 Å². The highest BCUT2D eigenvalue weighted by atomic mass is 16.5. The number of morpholine rings is 1. The summed E-state index contributed by atoms with van der Waals surface area (Å²) < 4.78 is 5.64. The lowest BCUT2D eigenvalue weighted by atomic mass is 10.0. The number of fused-ring (bicyclic) bond motifs is 1. The number of Topliss-reactive ketones (excluding diaryl/α,β-unsaturated/α-hetero) is 1. The van der Waals surface area contributed by atoms with Gasteiger partial charge in [0.2, 0.25) is 0 Å². The predicted octanol–water partition coefficient (Wildman–Crippen LogP) is 2.46. The van der Waals surface area contributed by atoms with Crippen LogP contribution in [0.25, 0.3) is 11.4 Å². The number of carbonyl (C=O) groups is 2. The number of anilines is 2. The summed E-state index contributed by atoms with van der Waals surface area (Å²) in [6.45, 7) is 10.2. The molecule has 1 saturated heterocycles. The second-order valence-electron chi connectivity index (χ2n) is 8.64. The first-order valence-electron chi connectivity index (χ1n) is 11.6. The Kier molecular flexibility index (Phi) is 7.20. The highest BCUT2D eigenvalue weighted by molar-refractivity contribution is 5.89. The van der Waals surface area contributed by atoms with Crippen LogP contribution in [0, 0.1) is 0 Å². The molecular formula is C24H32N6O3. The predicted molar refractivity (Wildman–Crippen MR) is 127 cm³/mol. The van der Waals surface area contributed by atoms with Gasteiger partial charge in [-0.2, -0.15) is 0 Å². The van der Waals surface area contributed by atoms with Crippen LogP contribution in [0.4, 0.5) is 16.3 Å². The fourth-order valence-corrected chi connectivity index (χ4v) is 4.36. The third kappa shape index (κ3) is 5.48. The Bertz CT molecular complexity index is 1010. The average Bonchev–Trinajstić information content (AvgIpc) is 2.79. The molecule has 2 aliphatic rings. The normalized spacial score (nSPS) is 18.5. The zero-order valence-corrected chi connectivity index (χ0v) is 19.6. The molecular weight excluding hydrogens is 420 g/mol. The van der Waals surface area contributed by atoms with Gasteiger partial charge in [-0.3, -0.25) is 9.69 Å². The van der Waals surface area contributed by atoms with E-state index in [2.05, 4.69) is 27.4 Å². The van der Waals surface area contributed by atoms with E-state index in [1.54, 1.807) is 6.92 Å². The molecule has 1 fully saturated rings. The van der Waals surface area contributed by atoms with Gasteiger partial charge >= 0.3 is 6.03 Å². The standard InChI is InChI=1S/C24H32N6O3/c1-4-25-24(32)26-19-7-5-18(6-8-19)22-27-21-14-29(13-17(3)31)10-9-20(21)23(28-22)30-11-12-33-15-16(30)2/h5-8,16H,4,9-15H2,1-3H3,(H2,25,26,32). The van der Waals surface area contributed by atoms with Crippen molar-refractivity contribution >= 4 is 23.3 Å². The summed E-state index contributed by atoms with van der Waals surface area (Å²) >= 11 is 0. The number of benzene rings is 1. The van der Waals surface area contributed by atoms with Gasteiger partial charge in [0.1, 0.15) is 11.6 Å². The molecule has 33 heavy (non-hydrogen) atoms. The van der Waals surface area contributed by atoms with Crippen LogP contribution in [0.2, 0.25) is 0 Å². The SMILES string of the molecule is CCNC(=O)Nc1ccc(-c2nc3c(c(N4CCOCC4C)n2)CCN(CC(C)=O)C3)cc1. The molecule has 9 nitrogen and oxygen atoms in total. The molecule has 2 amide bonds.